The van der Waals surface area contributed by atoms with Crippen molar-refractivity contribution in [1.29, 1.82) is 0 Å². The standard InChI is InChI=1S/C28H37N3O6S/c1-3-9-30(11-10-29-12-14-37-15-13-29)26(34)24-28-18(2)16-21(38-28)22(27(35)36)23(28)25(33)31(24)20(17-32)19-7-5-4-6-8-19/h3-8,18,20-24,32H,1,9-17H2,2H3,(H,35,36)/t18?,20-,21+,22-,23+,24?,28?/m1/s1. The molecule has 1 aromatic rings. The number of hydrogen-bond acceptors (Lipinski definition) is 7. The van der Waals surface area contributed by atoms with Crippen LogP contribution in [-0.2, 0) is 19.1 Å². The zero-order valence-corrected chi connectivity index (χ0v) is 22.6. The third kappa shape index (κ3) is 4.35. The van der Waals surface area contributed by atoms with Crippen molar-refractivity contribution in [2.75, 3.05) is 52.5 Å². The zero-order chi connectivity index (χ0) is 27.0. The van der Waals surface area contributed by atoms with Crippen molar-refractivity contribution in [1.82, 2.24) is 14.7 Å². The molecule has 2 amide bonds. The number of rotatable bonds is 10. The summed E-state index contributed by atoms with van der Waals surface area (Å²) in [5.74, 6) is -3.21. The normalized spacial score (nSPS) is 33.3. The number of thioether (sulfide) groups is 1. The van der Waals surface area contributed by atoms with Crippen LogP contribution >= 0.6 is 11.8 Å². The maximum atomic E-state index is 14.6. The van der Waals surface area contributed by atoms with Gasteiger partial charge in [-0.1, -0.05) is 43.3 Å². The Morgan fingerprint density at radius 3 is 2.63 bits per heavy atom. The molecule has 4 heterocycles. The molecule has 5 rings (SSSR count). The zero-order valence-electron chi connectivity index (χ0n) is 21.8. The first-order valence-corrected chi connectivity index (χ1v) is 14.3. The molecule has 1 aromatic carbocycles. The Labute approximate surface area is 227 Å². The number of carboxylic acid groups (broad SMARTS) is 1. The molecule has 0 aromatic heterocycles. The largest absolute Gasteiger partial charge is 0.481 e. The Hall–Kier alpha value is -2.40. The Morgan fingerprint density at radius 2 is 2.00 bits per heavy atom. The van der Waals surface area contributed by atoms with Crippen LogP contribution in [0.4, 0.5) is 0 Å². The van der Waals surface area contributed by atoms with Gasteiger partial charge in [-0.3, -0.25) is 19.3 Å². The van der Waals surface area contributed by atoms with E-state index in [0.29, 0.717) is 39.3 Å². The Kier molecular flexibility index (Phi) is 7.86. The maximum absolute atomic E-state index is 14.6. The number of morpholine rings is 1. The molecule has 10 heteroatoms. The minimum absolute atomic E-state index is 0.0269. The van der Waals surface area contributed by atoms with E-state index in [0.717, 1.165) is 18.7 Å². The number of ether oxygens (including phenoxy) is 1. The quantitative estimate of drug-likeness (QED) is 0.427. The number of fused-ring (bicyclic) bond motifs is 1. The molecule has 4 fully saturated rings. The van der Waals surface area contributed by atoms with Crippen LogP contribution in [0.15, 0.2) is 43.0 Å². The summed E-state index contributed by atoms with van der Waals surface area (Å²) in [6.45, 7) is 9.91. The van der Waals surface area contributed by atoms with Gasteiger partial charge in [0.1, 0.15) is 6.04 Å². The van der Waals surface area contributed by atoms with Gasteiger partial charge in [-0.25, -0.2) is 0 Å². The van der Waals surface area contributed by atoms with Gasteiger partial charge in [0, 0.05) is 38.0 Å². The van der Waals surface area contributed by atoms with Gasteiger partial charge in [0.2, 0.25) is 11.8 Å². The lowest BCUT2D eigenvalue weighted by Gasteiger charge is -2.42. The number of hydrogen-bond donors (Lipinski definition) is 2. The topological polar surface area (TPSA) is 111 Å². The Balaban J connectivity index is 1.55. The highest BCUT2D eigenvalue weighted by molar-refractivity contribution is 8.02. The summed E-state index contributed by atoms with van der Waals surface area (Å²) in [5.41, 5.74) is 0.722. The number of amides is 2. The van der Waals surface area contributed by atoms with E-state index in [-0.39, 0.29) is 29.6 Å². The van der Waals surface area contributed by atoms with Gasteiger partial charge < -0.3 is 24.7 Å². The molecule has 206 valence electrons. The van der Waals surface area contributed by atoms with Gasteiger partial charge >= 0.3 is 5.97 Å². The first-order valence-electron chi connectivity index (χ1n) is 13.4. The van der Waals surface area contributed by atoms with E-state index in [4.69, 9.17) is 4.74 Å². The number of aliphatic hydroxyl groups excluding tert-OH is 1. The molecule has 3 unspecified atom stereocenters. The molecule has 4 saturated heterocycles. The van der Waals surface area contributed by atoms with Crippen LogP contribution in [0.25, 0.3) is 0 Å². The molecule has 0 saturated carbocycles. The lowest BCUT2D eigenvalue weighted by Crippen LogP contribution is -2.58. The second kappa shape index (κ2) is 11.0. The summed E-state index contributed by atoms with van der Waals surface area (Å²) in [7, 11) is 0. The van der Waals surface area contributed by atoms with Crippen LogP contribution in [0.5, 0.6) is 0 Å². The predicted octanol–water partition coefficient (Wildman–Crippen LogP) is 1.49. The highest BCUT2D eigenvalue weighted by Crippen LogP contribution is 2.69. The Morgan fingerprint density at radius 1 is 1.29 bits per heavy atom. The fraction of sp³-hybridized carbons (Fsp3) is 0.607. The number of carboxylic acids is 1. The van der Waals surface area contributed by atoms with Crippen molar-refractivity contribution in [3.8, 4) is 0 Å². The molecule has 0 radical (unpaired) electrons. The van der Waals surface area contributed by atoms with Crippen LogP contribution in [-0.4, -0.2) is 111 Å². The molecule has 9 nitrogen and oxygen atoms in total. The van der Waals surface area contributed by atoms with Crippen molar-refractivity contribution in [3.63, 3.8) is 0 Å². The fourth-order valence-electron chi connectivity index (χ4n) is 7.09. The third-order valence-corrected chi connectivity index (χ3v) is 10.9. The molecule has 7 atom stereocenters. The van der Waals surface area contributed by atoms with Crippen molar-refractivity contribution < 1.29 is 29.3 Å². The summed E-state index contributed by atoms with van der Waals surface area (Å²) < 4.78 is 4.59. The molecule has 38 heavy (non-hydrogen) atoms. The second-order valence-corrected chi connectivity index (χ2v) is 12.3. The van der Waals surface area contributed by atoms with E-state index in [1.807, 2.05) is 37.3 Å². The summed E-state index contributed by atoms with van der Waals surface area (Å²) >= 11 is 1.52. The average Bonchev–Trinajstić information content (AvgIpc) is 3.52. The number of likely N-dealkylation sites (tertiary alicyclic amines) is 1. The lowest BCUT2D eigenvalue weighted by atomic mass is 9.66. The summed E-state index contributed by atoms with van der Waals surface area (Å²) in [6.07, 6.45) is 2.34. The fourth-order valence-corrected chi connectivity index (χ4v) is 9.49. The molecule has 2 bridgehead atoms. The van der Waals surface area contributed by atoms with Crippen LogP contribution in [0, 0.1) is 17.8 Å². The van der Waals surface area contributed by atoms with Crippen molar-refractivity contribution in [3.05, 3.63) is 48.6 Å². The van der Waals surface area contributed by atoms with Crippen LogP contribution in [0.2, 0.25) is 0 Å². The molecular weight excluding hydrogens is 506 g/mol. The van der Waals surface area contributed by atoms with Gasteiger partial charge in [-0.2, -0.15) is 0 Å². The van der Waals surface area contributed by atoms with Gasteiger partial charge in [0.15, 0.2) is 0 Å². The number of aliphatic hydroxyl groups is 1. The number of nitrogens with zero attached hydrogens (tertiary/aromatic N) is 3. The van der Waals surface area contributed by atoms with Crippen molar-refractivity contribution in [2.24, 2.45) is 17.8 Å². The predicted molar refractivity (Wildman–Crippen MR) is 143 cm³/mol. The average molecular weight is 544 g/mol. The van der Waals surface area contributed by atoms with Gasteiger partial charge in [-0.15, -0.1) is 18.3 Å². The summed E-state index contributed by atoms with van der Waals surface area (Å²) in [4.78, 5) is 46.8. The second-order valence-electron chi connectivity index (χ2n) is 10.8. The SMILES string of the molecule is C=CCN(CCN1CCOCC1)C(=O)C1N([C@H](CO)c2ccccc2)C(=O)[C@@H]2[C@H](C(=O)O)[C@@H]3CC(C)C12S3. The van der Waals surface area contributed by atoms with Crippen molar-refractivity contribution in [2.45, 2.75) is 35.4 Å². The third-order valence-electron chi connectivity index (χ3n) is 8.85. The summed E-state index contributed by atoms with van der Waals surface area (Å²) in [6, 6.07) is 7.58. The minimum atomic E-state index is -0.988. The van der Waals surface area contributed by atoms with Gasteiger partial charge in [0.05, 0.1) is 42.4 Å². The first-order chi connectivity index (χ1) is 18.3. The highest BCUT2D eigenvalue weighted by atomic mass is 32.2. The minimum Gasteiger partial charge on any atom is -0.481 e. The smallest absolute Gasteiger partial charge is 0.308 e. The summed E-state index contributed by atoms with van der Waals surface area (Å²) in [5, 5.41) is 20.5. The number of carbonyl (C=O) groups excluding carboxylic acids is 2. The molecule has 4 aliphatic rings. The van der Waals surface area contributed by atoms with E-state index >= 15 is 0 Å². The van der Waals surface area contributed by atoms with Gasteiger partial charge in [0.25, 0.3) is 0 Å². The molecule has 4 aliphatic heterocycles. The van der Waals surface area contributed by atoms with Crippen molar-refractivity contribution >= 4 is 29.5 Å². The number of aliphatic carboxylic acids is 1. The van der Waals surface area contributed by atoms with Crippen LogP contribution in [0.1, 0.15) is 24.9 Å². The van der Waals surface area contributed by atoms with E-state index in [1.165, 1.54) is 16.7 Å². The first kappa shape index (κ1) is 27.2. The molecule has 0 aliphatic carbocycles. The maximum Gasteiger partial charge on any atom is 0.308 e. The van der Waals surface area contributed by atoms with E-state index in [2.05, 4.69) is 11.5 Å². The van der Waals surface area contributed by atoms with Crippen LogP contribution in [0.3, 0.4) is 0 Å². The van der Waals surface area contributed by atoms with Gasteiger partial charge in [-0.05, 0) is 17.9 Å². The lowest BCUT2D eigenvalue weighted by molar-refractivity contribution is -0.150. The van der Waals surface area contributed by atoms with E-state index in [9.17, 15) is 24.6 Å². The number of carbonyl (C=O) groups is 3. The molecular formula is C28H37N3O6S. The molecule has 2 N–H and O–H groups in total. The monoisotopic (exact) mass is 543 g/mol. The van der Waals surface area contributed by atoms with E-state index < -0.39 is 34.6 Å². The highest BCUT2D eigenvalue weighted by Gasteiger charge is 2.77. The van der Waals surface area contributed by atoms with Crippen LogP contribution < -0.4 is 0 Å². The number of benzene rings is 1. The van der Waals surface area contributed by atoms with E-state index in [1.54, 1.807) is 11.0 Å². The Bertz CT molecular complexity index is 1070. The molecule has 1 spiro atoms.